The minimum Gasteiger partial charge on any atom is -0.380 e. The molecule has 2 nitrogen and oxygen atoms in total. The zero-order valence-corrected chi connectivity index (χ0v) is 11.3. The SMILES string of the molecule is CCCCOCCN1CCCC(CCCl)C1. The van der Waals surface area contributed by atoms with E-state index in [1.165, 1.54) is 45.2 Å². The van der Waals surface area contributed by atoms with Gasteiger partial charge in [-0.1, -0.05) is 13.3 Å². The summed E-state index contributed by atoms with van der Waals surface area (Å²) in [5.74, 6) is 1.63. The quantitative estimate of drug-likeness (QED) is 0.483. The minimum atomic E-state index is 0.811. The average Bonchev–Trinajstić information content (AvgIpc) is 2.30. The summed E-state index contributed by atoms with van der Waals surface area (Å²) < 4.78 is 5.60. The number of unbranched alkanes of at least 4 members (excludes halogenated alkanes) is 1. The number of rotatable bonds is 8. The smallest absolute Gasteiger partial charge is 0.0593 e. The number of likely N-dealkylation sites (tertiary alicyclic amines) is 1. The Labute approximate surface area is 105 Å². The van der Waals surface area contributed by atoms with Gasteiger partial charge in [0.2, 0.25) is 0 Å². The van der Waals surface area contributed by atoms with Crippen molar-refractivity contribution < 1.29 is 4.74 Å². The summed E-state index contributed by atoms with van der Waals surface area (Å²) in [6, 6.07) is 0. The third kappa shape index (κ3) is 6.07. The zero-order valence-electron chi connectivity index (χ0n) is 10.6. The van der Waals surface area contributed by atoms with Crippen molar-refractivity contribution in [1.29, 1.82) is 0 Å². The van der Waals surface area contributed by atoms with Gasteiger partial charge in [-0.15, -0.1) is 11.6 Å². The monoisotopic (exact) mass is 247 g/mol. The lowest BCUT2D eigenvalue weighted by Crippen LogP contribution is -2.37. The van der Waals surface area contributed by atoms with Crippen LogP contribution in [0.2, 0.25) is 0 Å². The molecule has 1 aliphatic heterocycles. The Morgan fingerprint density at radius 1 is 1.38 bits per heavy atom. The van der Waals surface area contributed by atoms with Gasteiger partial charge in [0.15, 0.2) is 0 Å². The van der Waals surface area contributed by atoms with E-state index in [2.05, 4.69) is 11.8 Å². The van der Waals surface area contributed by atoms with Gasteiger partial charge in [-0.05, 0) is 38.1 Å². The lowest BCUT2D eigenvalue weighted by Gasteiger charge is -2.32. The zero-order chi connectivity index (χ0) is 11.6. The molecule has 3 heteroatoms. The molecule has 0 N–H and O–H groups in total. The number of piperidine rings is 1. The highest BCUT2D eigenvalue weighted by Gasteiger charge is 2.18. The molecule has 0 saturated carbocycles. The lowest BCUT2D eigenvalue weighted by molar-refractivity contribution is 0.0829. The van der Waals surface area contributed by atoms with Gasteiger partial charge in [0.25, 0.3) is 0 Å². The van der Waals surface area contributed by atoms with Crippen LogP contribution in [0.3, 0.4) is 0 Å². The number of hydrogen-bond donors (Lipinski definition) is 0. The number of nitrogens with zero attached hydrogens (tertiary/aromatic N) is 1. The van der Waals surface area contributed by atoms with Gasteiger partial charge < -0.3 is 9.64 Å². The fraction of sp³-hybridized carbons (Fsp3) is 1.00. The first-order valence-corrected chi connectivity index (χ1v) is 7.26. The minimum absolute atomic E-state index is 0.811. The topological polar surface area (TPSA) is 12.5 Å². The Kier molecular flexibility index (Phi) is 8.26. The van der Waals surface area contributed by atoms with E-state index in [1.54, 1.807) is 0 Å². The molecule has 0 radical (unpaired) electrons. The third-order valence-electron chi connectivity index (χ3n) is 3.31. The fourth-order valence-corrected chi connectivity index (χ4v) is 2.60. The maximum absolute atomic E-state index is 5.80. The molecule has 1 fully saturated rings. The molecule has 0 amide bonds. The Balaban J connectivity index is 2.02. The number of halogens is 1. The van der Waals surface area contributed by atoms with E-state index < -0.39 is 0 Å². The summed E-state index contributed by atoms with van der Waals surface area (Å²) in [6.07, 6.45) is 6.28. The molecular weight excluding hydrogens is 222 g/mol. The molecule has 0 aromatic carbocycles. The molecule has 16 heavy (non-hydrogen) atoms. The molecule has 1 saturated heterocycles. The summed E-state index contributed by atoms with van der Waals surface area (Å²) in [7, 11) is 0. The second-order valence-electron chi connectivity index (χ2n) is 4.75. The number of hydrogen-bond acceptors (Lipinski definition) is 2. The summed E-state index contributed by atoms with van der Waals surface area (Å²) in [4.78, 5) is 2.53. The third-order valence-corrected chi connectivity index (χ3v) is 3.53. The summed E-state index contributed by atoms with van der Waals surface area (Å²) in [6.45, 7) is 7.59. The van der Waals surface area contributed by atoms with Gasteiger partial charge in [-0.25, -0.2) is 0 Å². The first-order valence-electron chi connectivity index (χ1n) is 6.73. The average molecular weight is 248 g/mol. The highest BCUT2D eigenvalue weighted by atomic mass is 35.5. The van der Waals surface area contributed by atoms with Crippen molar-refractivity contribution in [2.75, 3.05) is 38.7 Å². The Bertz CT molecular complexity index is 164. The summed E-state index contributed by atoms with van der Waals surface area (Å²) >= 11 is 5.80. The predicted octanol–water partition coefficient (Wildman–Crippen LogP) is 3.14. The van der Waals surface area contributed by atoms with Crippen LogP contribution >= 0.6 is 11.6 Å². The standard InChI is InChI=1S/C13H26ClNO/c1-2-3-10-16-11-9-15-8-4-5-13(12-15)6-7-14/h13H,2-12H2,1H3. The molecule has 1 atom stereocenters. The first kappa shape index (κ1) is 14.3. The van der Waals surface area contributed by atoms with Crippen LogP contribution in [0.5, 0.6) is 0 Å². The van der Waals surface area contributed by atoms with E-state index in [-0.39, 0.29) is 0 Å². The molecule has 1 rings (SSSR count). The molecule has 0 bridgehead atoms. The lowest BCUT2D eigenvalue weighted by atomic mass is 9.96. The van der Waals surface area contributed by atoms with Crippen molar-refractivity contribution in [3.8, 4) is 0 Å². The van der Waals surface area contributed by atoms with E-state index in [0.717, 1.165) is 31.6 Å². The van der Waals surface area contributed by atoms with Gasteiger partial charge in [0, 0.05) is 25.6 Å². The van der Waals surface area contributed by atoms with Crippen LogP contribution in [0.25, 0.3) is 0 Å². The highest BCUT2D eigenvalue weighted by Crippen LogP contribution is 2.19. The second kappa shape index (κ2) is 9.26. The van der Waals surface area contributed by atoms with Crippen molar-refractivity contribution in [3.63, 3.8) is 0 Å². The van der Waals surface area contributed by atoms with Crippen LogP contribution in [0, 0.1) is 5.92 Å². The Morgan fingerprint density at radius 2 is 2.25 bits per heavy atom. The van der Waals surface area contributed by atoms with E-state index in [1.807, 2.05) is 0 Å². The van der Waals surface area contributed by atoms with Gasteiger partial charge in [0.1, 0.15) is 0 Å². The summed E-state index contributed by atoms with van der Waals surface area (Å²) in [5.41, 5.74) is 0. The van der Waals surface area contributed by atoms with Crippen LogP contribution in [0.4, 0.5) is 0 Å². The Morgan fingerprint density at radius 3 is 3.00 bits per heavy atom. The molecular formula is C13H26ClNO. The van der Waals surface area contributed by atoms with E-state index in [9.17, 15) is 0 Å². The van der Waals surface area contributed by atoms with Gasteiger partial charge in [0.05, 0.1) is 6.61 Å². The molecule has 1 aliphatic rings. The van der Waals surface area contributed by atoms with Crippen LogP contribution < -0.4 is 0 Å². The molecule has 0 spiro atoms. The molecule has 0 aliphatic carbocycles. The fourth-order valence-electron chi connectivity index (χ4n) is 2.29. The van der Waals surface area contributed by atoms with E-state index >= 15 is 0 Å². The molecule has 1 heterocycles. The maximum atomic E-state index is 5.80. The van der Waals surface area contributed by atoms with Gasteiger partial charge in [-0.3, -0.25) is 0 Å². The van der Waals surface area contributed by atoms with Crippen LogP contribution in [-0.2, 0) is 4.74 Å². The van der Waals surface area contributed by atoms with Crippen LogP contribution in [0.15, 0.2) is 0 Å². The van der Waals surface area contributed by atoms with Crippen molar-refractivity contribution in [1.82, 2.24) is 4.90 Å². The number of ether oxygens (including phenoxy) is 1. The largest absolute Gasteiger partial charge is 0.380 e. The van der Waals surface area contributed by atoms with Crippen molar-refractivity contribution >= 4 is 11.6 Å². The molecule has 96 valence electrons. The normalized spacial score (nSPS) is 22.5. The maximum Gasteiger partial charge on any atom is 0.0593 e. The van der Waals surface area contributed by atoms with Gasteiger partial charge >= 0.3 is 0 Å². The van der Waals surface area contributed by atoms with Crippen molar-refractivity contribution in [2.45, 2.75) is 39.0 Å². The molecule has 0 aromatic heterocycles. The van der Waals surface area contributed by atoms with Crippen LogP contribution in [-0.4, -0.2) is 43.6 Å². The first-order chi connectivity index (χ1) is 7.86. The van der Waals surface area contributed by atoms with Gasteiger partial charge in [-0.2, -0.15) is 0 Å². The Hall–Kier alpha value is 0.210. The molecule has 1 unspecified atom stereocenters. The second-order valence-corrected chi connectivity index (χ2v) is 5.13. The van der Waals surface area contributed by atoms with Crippen LogP contribution in [0.1, 0.15) is 39.0 Å². The predicted molar refractivity (Wildman–Crippen MR) is 70.2 cm³/mol. The van der Waals surface area contributed by atoms with Crippen molar-refractivity contribution in [2.24, 2.45) is 5.92 Å². The van der Waals surface area contributed by atoms with E-state index in [0.29, 0.717) is 0 Å². The number of alkyl halides is 1. The summed E-state index contributed by atoms with van der Waals surface area (Å²) in [5, 5.41) is 0. The highest BCUT2D eigenvalue weighted by molar-refractivity contribution is 6.17. The van der Waals surface area contributed by atoms with E-state index in [4.69, 9.17) is 16.3 Å². The molecule has 0 aromatic rings. The van der Waals surface area contributed by atoms with Crippen molar-refractivity contribution in [3.05, 3.63) is 0 Å².